The summed E-state index contributed by atoms with van der Waals surface area (Å²) in [5, 5.41) is 12.2. The molecule has 0 saturated carbocycles. The summed E-state index contributed by atoms with van der Waals surface area (Å²) >= 11 is 2.91. The van der Waals surface area contributed by atoms with E-state index in [9.17, 15) is 9.59 Å². The Hall–Kier alpha value is -1.53. The van der Waals surface area contributed by atoms with E-state index in [0.717, 1.165) is 4.88 Å². The van der Waals surface area contributed by atoms with E-state index in [2.05, 4.69) is 0 Å². The topological polar surface area (TPSA) is 57.6 Å². The zero-order valence-corrected chi connectivity index (χ0v) is 10.1. The molecule has 0 aromatic carbocycles. The number of aliphatic carboxylic acids is 1. The van der Waals surface area contributed by atoms with Crippen LogP contribution in [0, 0.1) is 0 Å². The third kappa shape index (κ3) is 1.52. The van der Waals surface area contributed by atoms with Crippen LogP contribution in [-0.4, -0.2) is 27.3 Å². The summed E-state index contributed by atoms with van der Waals surface area (Å²) < 4.78 is 0. The van der Waals surface area contributed by atoms with Crippen molar-refractivity contribution in [2.75, 3.05) is 0 Å². The molecule has 3 rings (SSSR count). The Morgan fingerprint density at radius 2 is 2.35 bits per heavy atom. The van der Waals surface area contributed by atoms with Crippen LogP contribution in [0.5, 0.6) is 0 Å². The van der Waals surface area contributed by atoms with Crippen LogP contribution >= 0.6 is 23.1 Å². The molecule has 0 spiro atoms. The Labute approximate surface area is 105 Å². The van der Waals surface area contributed by atoms with Crippen LogP contribution in [0.2, 0.25) is 0 Å². The molecule has 2 aliphatic rings. The minimum absolute atomic E-state index is 0.0772. The van der Waals surface area contributed by atoms with Crippen molar-refractivity contribution < 1.29 is 14.7 Å². The number of thiophene rings is 1. The van der Waals surface area contributed by atoms with Gasteiger partial charge in [0, 0.05) is 10.3 Å². The second-order valence-corrected chi connectivity index (χ2v) is 5.52. The molecule has 1 amide bonds. The lowest BCUT2D eigenvalue weighted by molar-refractivity contribution is -0.141. The smallest absolute Gasteiger partial charge is 0.353 e. The highest BCUT2D eigenvalue weighted by Crippen LogP contribution is 2.45. The Morgan fingerprint density at radius 1 is 1.53 bits per heavy atom. The third-order valence-electron chi connectivity index (χ3n) is 2.59. The van der Waals surface area contributed by atoms with E-state index in [1.54, 1.807) is 11.3 Å². The predicted octanol–water partition coefficient (Wildman–Crippen LogP) is 1.97. The largest absolute Gasteiger partial charge is 0.477 e. The number of fused-ring (bicyclic) bond motifs is 1. The molecule has 0 aliphatic carbocycles. The van der Waals surface area contributed by atoms with Crippen molar-refractivity contribution in [1.29, 1.82) is 0 Å². The SMILES string of the molecule is O=C(O)C1=CS[C@H]2/C(=C/c3cccs3)C(=O)N12. The number of hydrogen-bond acceptors (Lipinski definition) is 4. The van der Waals surface area contributed by atoms with Crippen molar-refractivity contribution in [3.8, 4) is 0 Å². The number of carboxylic acids is 1. The summed E-state index contributed by atoms with van der Waals surface area (Å²) in [6.45, 7) is 0. The molecule has 2 aliphatic heterocycles. The van der Waals surface area contributed by atoms with Gasteiger partial charge in [0.25, 0.3) is 5.91 Å². The van der Waals surface area contributed by atoms with Gasteiger partial charge in [-0.15, -0.1) is 23.1 Å². The number of carboxylic acid groups (broad SMARTS) is 1. The summed E-state index contributed by atoms with van der Waals surface area (Å²) in [6.07, 6.45) is 1.83. The van der Waals surface area contributed by atoms with E-state index in [-0.39, 0.29) is 17.0 Å². The Balaban J connectivity index is 1.87. The Kier molecular flexibility index (Phi) is 2.34. The fraction of sp³-hybridized carbons (Fsp3) is 0.0909. The molecular formula is C11H7NO3S2. The highest BCUT2D eigenvalue weighted by Gasteiger charge is 2.49. The zero-order valence-electron chi connectivity index (χ0n) is 8.49. The monoisotopic (exact) mass is 265 g/mol. The summed E-state index contributed by atoms with van der Waals surface area (Å²) in [5.74, 6) is -1.26. The van der Waals surface area contributed by atoms with Crippen molar-refractivity contribution in [2.24, 2.45) is 0 Å². The normalized spacial score (nSPS) is 24.6. The molecule has 0 radical (unpaired) electrons. The van der Waals surface area contributed by atoms with E-state index in [1.807, 2.05) is 23.6 Å². The number of amides is 1. The van der Waals surface area contributed by atoms with Crippen LogP contribution in [0.15, 0.2) is 34.2 Å². The fourth-order valence-electron chi connectivity index (χ4n) is 1.79. The number of carbonyl (C=O) groups is 2. The molecule has 1 aromatic rings. The molecule has 4 nitrogen and oxygen atoms in total. The first kappa shape index (κ1) is 10.6. The molecule has 1 saturated heterocycles. The van der Waals surface area contributed by atoms with Crippen molar-refractivity contribution >= 4 is 41.1 Å². The van der Waals surface area contributed by atoms with Crippen molar-refractivity contribution in [2.45, 2.75) is 5.37 Å². The lowest BCUT2D eigenvalue weighted by Gasteiger charge is -2.37. The number of β-lactam (4-membered cyclic amide) rings is 1. The average molecular weight is 265 g/mol. The minimum Gasteiger partial charge on any atom is -0.477 e. The van der Waals surface area contributed by atoms with Gasteiger partial charge in [-0.2, -0.15) is 0 Å². The van der Waals surface area contributed by atoms with E-state index in [0.29, 0.717) is 5.57 Å². The van der Waals surface area contributed by atoms with Crippen molar-refractivity contribution in [3.63, 3.8) is 0 Å². The maximum atomic E-state index is 11.8. The van der Waals surface area contributed by atoms with Gasteiger partial charge < -0.3 is 5.11 Å². The molecule has 0 bridgehead atoms. The van der Waals surface area contributed by atoms with Crippen LogP contribution in [0.25, 0.3) is 6.08 Å². The second kappa shape index (κ2) is 3.75. The zero-order chi connectivity index (χ0) is 12.0. The standard InChI is InChI=1S/C11H7NO3S2/c13-9-7(4-6-2-1-3-16-6)10-12(9)8(5-17-10)11(14)15/h1-5,10H,(H,14,15)/b7-4+/t10-/m0/s1. The van der Waals surface area contributed by atoms with Gasteiger partial charge in [0.05, 0.1) is 5.57 Å². The summed E-state index contributed by atoms with van der Waals surface area (Å²) in [7, 11) is 0. The molecule has 0 unspecified atom stereocenters. The lowest BCUT2D eigenvalue weighted by atomic mass is 10.0. The van der Waals surface area contributed by atoms with Gasteiger partial charge in [-0.1, -0.05) is 6.07 Å². The molecule has 1 fully saturated rings. The van der Waals surface area contributed by atoms with Gasteiger partial charge in [-0.05, 0) is 17.5 Å². The highest BCUT2D eigenvalue weighted by atomic mass is 32.2. The molecule has 86 valence electrons. The van der Waals surface area contributed by atoms with Crippen LogP contribution in [0.3, 0.4) is 0 Å². The third-order valence-corrected chi connectivity index (χ3v) is 4.50. The fourth-order valence-corrected chi connectivity index (χ4v) is 3.58. The van der Waals surface area contributed by atoms with Gasteiger partial charge in [0.2, 0.25) is 0 Å². The Morgan fingerprint density at radius 3 is 3.00 bits per heavy atom. The van der Waals surface area contributed by atoms with Crippen LogP contribution in [-0.2, 0) is 9.59 Å². The first-order valence-corrected chi connectivity index (χ1v) is 6.68. The lowest BCUT2D eigenvalue weighted by Crippen LogP contribution is -2.51. The second-order valence-electron chi connectivity index (χ2n) is 3.59. The van der Waals surface area contributed by atoms with Gasteiger partial charge in [-0.25, -0.2) is 4.79 Å². The quantitative estimate of drug-likeness (QED) is 0.656. The number of carbonyl (C=O) groups excluding carboxylic acids is 1. The van der Waals surface area contributed by atoms with E-state index in [4.69, 9.17) is 5.11 Å². The number of thioether (sulfide) groups is 1. The molecule has 17 heavy (non-hydrogen) atoms. The minimum atomic E-state index is -1.05. The van der Waals surface area contributed by atoms with Crippen LogP contribution < -0.4 is 0 Å². The number of rotatable bonds is 2. The molecule has 3 heterocycles. The summed E-state index contributed by atoms with van der Waals surface area (Å²) in [4.78, 5) is 25.0. The summed E-state index contributed by atoms with van der Waals surface area (Å²) in [5.41, 5.74) is 0.748. The first-order chi connectivity index (χ1) is 8.18. The predicted molar refractivity (Wildman–Crippen MR) is 66.2 cm³/mol. The highest BCUT2D eigenvalue weighted by molar-refractivity contribution is 8.03. The molecule has 1 atom stereocenters. The van der Waals surface area contributed by atoms with Crippen molar-refractivity contribution in [1.82, 2.24) is 4.90 Å². The maximum absolute atomic E-state index is 11.8. The maximum Gasteiger partial charge on any atom is 0.353 e. The molecule has 1 aromatic heterocycles. The Bertz CT molecular complexity index is 559. The first-order valence-electron chi connectivity index (χ1n) is 4.86. The number of hydrogen-bond donors (Lipinski definition) is 1. The van der Waals surface area contributed by atoms with Gasteiger partial charge in [0.15, 0.2) is 0 Å². The molecule has 1 N–H and O–H groups in total. The van der Waals surface area contributed by atoms with Crippen LogP contribution in [0.4, 0.5) is 0 Å². The van der Waals surface area contributed by atoms with E-state index < -0.39 is 5.97 Å². The van der Waals surface area contributed by atoms with Crippen molar-refractivity contribution in [3.05, 3.63) is 39.1 Å². The van der Waals surface area contributed by atoms with Gasteiger partial charge in [0.1, 0.15) is 11.1 Å². The molecule has 6 heteroatoms. The van der Waals surface area contributed by atoms with E-state index >= 15 is 0 Å². The van der Waals surface area contributed by atoms with Gasteiger partial charge in [-0.3, -0.25) is 9.69 Å². The van der Waals surface area contributed by atoms with E-state index in [1.165, 1.54) is 22.1 Å². The van der Waals surface area contributed by atoms with Crippen LogP contribution in [0.1, 0.15) is 4.88 Å². The number of nitrogens with zero attached hydrogens (tertiary/aromatic N) is 1. The summed E-state index contributed by atoms with van der Waals surface area (Å²) in [6, 6.07) is 3.85. The van der Waals surface area contributed by atoms with Gasteiger partial charge >= 0.3 is 5.97 Å². The molecular weight excluding hydrogens is 258 g/mol. The average Bonchev–Trinajstić information content (AvgIpc) is 2.93.